The fraction of sp³-hybridized carbons (Fsp3) is 0.833. The van der Waals surface area contributed by atoms with Crippen molar-refractivity contribution in [1.29, 1.82) is 0 Å². The van der Waals surface area contributed by atoms with E-state index in [1.807, 2.05) is 13.8 Å². The topological polar surface area (TPSA) is 70.1 Å². The first-order valence-electron chi connectivity index (χ1n) is 6.25. The molecule has 0 aromatic rings. The largest absolute Gasteiger partial charge is 0.480 e. The molecule has 1 rings (SSSR count). The number of hydrogen-bond donors (Lipinski definition) is 1. The molecule has 104 valence electrons. The van der Waals surface area contributed by atoms with Gasteiger partial charge in [-0.05, 0) is 26.7 Å². The highest BCUT2D eigenvalue weighted by Crippen LogP contribution is 2.15. The van der Waals surface area contributed by atoms with Crippen LogP contribution in [0.2, 0.25) is 0 Å². The summed E-state index contributed by atoms with van der Waals surface area (Å²) in [5.74, 6) is -0.989. The number of amides is 2. The number of carbonyl (C=O) groups excluding carboxylic acids is 1. The highest BCUT2D eigenvalue weighted by atomic mass is 16.5. The molecule has 1 unspecified atom stereocenters. The van der Waals surface area contributed by atoms with Crippen molar-refractivity contribution < 1.29 is 19.4 Å². The summed E-state index contributed by atoms with van der Waals surface area (Å²) >= 11 is 0. The van der Waals surface area contributed by atoms with Gasteiger partial charge in [-0.15, -0.1) is 0 Å². The number of nitrogens with zero attached hydrogens (tertiary/aromatic N) is 2. The lowest BCUT2D eigenvalue weighted by Crippen LogP contribution is -2.52. The van der Waals surface area contributed by atoms with Crippen LogP contribution in [-0.4, -0.2) is 65.8 Å². The molecule has 0 saturated carbocycles. The maximum atomic E-state index is 12.3. The van der Waals surface area contributed by atoms with Crippen LogP contribution >= 0.6 is 0 Å². The van der Waals surface area contributed by atoms with Crippen molar-refractivity contribution in [2.75, 3.05) is 26.7 Å². The minimum absolute atomic E-state index is 0.0570. The SMILES string of the molecule is COC1CCCN(C(=O)N(CC(=O)O)C(C)C)C1. The second-order valence-electron chi connectivity index (χ2n) is 4.84. The third kappa shape index (κ3) is 3.87. The minimum Gasteiger partial charge on any atom is -0.480 e. The number of urea groups is 1. The minimum atomic E-state index is -0.989. The molecule has 1 atom stereocenters. The Kier molecular flexibility index (Phi) is 5.40. The summed E-state index contributed by atoms with van der Waals surface area (Å²) in [7, 11) is 1.64. The lowest BCUT2D eigenvalue weighted by Gasteiger charge is -2.36. The average molecular weight is 258 g/mol. The van der Waals surface area contributed by atoms with E-state index in [2.05, 4.69) is 0 Å². The molecule has 0 aromatic heterocycles. The summed E-state index contributed by atoms with van der Waals surface area (Å²) in [6.07, 6.45) is 1.89. The number of likely N-dealkylation sites (tertiary alicyclic amines) is 1. The van der Waals surface area contributed by atoms with E-state index in [0.717, 1.165) is 12.8 Å². The van der Waals surface area contributed by atoms with Crippen molar-refractivity contribution in [3.8, 4) is 0 Å². The van der Waals surface area contributed by atoms with Gasteiger partial charge in [-0.25, -0.2) is 4.79 Å². The van der Waals surface area contributed by atoms with E-state index in [4.69, 9.17) is 9.84 Å². The third-order valence-electron chi connectivity index (χ3n) is 3.16. The number of carboxylic acids is 1. The summed E-state index contributed by atoms with van der Waals surface area (Å²) in [5, 5.41) is 8.84. The van der Waals surface area contributed by atoms with Crippen LogP contribution in [0.5, 0.6) is 0 Å². The molecule has 0 aliphatic carbocycles. The molecule has 0 aromatic carbocycles. The predicted octanol–water partition coefficient (Wildman–Crippen LogP) is 1.01. The van der Waals surface area contributed by atoms with Crippen LogP contribution in [0.1, 0.15) is 26.7 Å². The maximum Gasteiger partial charge on any atom is 0.323 e. The van der Waals surface area contributed by atoms with E-state index in [1.165, 1.54) is 4.90 Å². The summed E-state index contributed by atoms with van der Waals surface area (Å²) < 4.78 is 5.26. The van der Waals surface area contributed by atoms with Crippen molar-refractivity contribution in [1.82, 2.24) is 9.80 Å². The quantitative estimate of drug-likeness (QED) is 0.817. The van der Waals surface area contributed by atoms with Crippen LogP contribution in [0.4, 0.5) is 4.79 Å². The first kappa shape index (κ1) is 14.8. The highest BCUT2D eigenvalue weighted by Gasteiger charge is 2.29. The Hall–Kier alpha value is -1.30. The van der Waals surface area contributed by atoms with Gasteiger partial charge in [0.15, 0.2) is 0 Å². The number of aliphatic carboxylic acids is 1. The van der Waals surface area contributed by atoms with Gasteiger partial charge in [-0.1, -0.05) is 0 Å². The monoisotopic (exact) mass is 258 g/mol. The van der Waals surface area contributed by atoms with Gasteiger partial charge in [0.25, 0.3) is 0 Å². The molecule has 1 saturated heterocycles. The zero-order valence-corrected chi connectivity index (χ0v) is 11.3. The molecule has 1 aliphatic heterocycles. The van der Waals surface area contributed by atoms with E-state index < -0.39 is 5.97 Å². The maximum absolute atomic E-state index is 12.3. The Bertz CT molecular complexity index is 306. The number of hydrogen-bond acceptors (Lipinski definition) is 3. The van der Waals surface area contributed by atoms with E-state index in [-0.39, 0.29) is 24.7 Å². The molecule has 0 spiro atoms. The molecule has 2 amide bonds. The third-order valence-corrected chi connectivity index (χ3v) is 3.16. The Balaban J connectivity index is 2.67. The average Bonchev–Trinajstić information content (AvgIpc) is 2.34. The fourth-order valence-electron chi connectivity index (χ4n) is 2.10. The van der Waals surface area contributed by atoms with Gasteiger partial charge < -0.3 is 19.6 Å². The Morgan fingerprint density at radius 2 is 2.17 bits per heavy atom. The number of piperidine rings is 1. The van der Waals surface area contributed by atoms with E-state index in [0.29, 0.717) is 13.1 Å². The number of carboxylic acid groups (broad SMARTS) is 1. The second-order valence-corrected chi connectivity index (χ2v) is 4.84. The van der Waals surface area contributed by atoms with Gasteiger partial charge in [0.05, 0.1) is 6.10 Å². The normalized spacial score (nSPS) is 20.0. The molecular formula is C12H22N2O4. The van der Waals surface area contributed by atoms with Gasteiger partial charge in [0.2, 0.25) is 0 Å². The van der Waals surface area contributed by atoms with Crippen LogP contribution in [0.25, 0.3) is 0 Å². The summed E-state index contributed by atoms with van der Waals surface area (Å²) in [4.78, 5) is 26.1. The molecule has 1 aliphatic rings. The standard InChI is InChI=1S/C12H22N2O4/c1-9(2)14(8-11(15)16)12(17)13-6-4-5-10(7-13)18-3/h9-10H,4-8H2,1-3H3,(H,15,16). The van der Waals surface area contributed by atoms with Gasteiger partial charge in [-0.3, -0.25) is 4.79 Å². The van der Waals surface area contributed by atoms with Gasteiger partial charge in [0, 0.05) is 26.2 Å². The van der Waals surface area contributed by atoms with Crippen molar-refractivity contribution >= 4 is 12.0 Å². The number of rotatable bonds is 4. The van der Waals surface area contributed by atoms with Gasteiger partial charge in [0.1, 0.15) is 6.54 Å². The first-order valence-corrected chi connectivity index (χ1v) is 6.25. The number of carbonyl (C=O) groups is 2. The highest BCUT2D eigenvalue weighted by molar-refractivity contribution is 5.80. The molecule has 1 heterocycles. The molecular weight excluding hydrogens is 236 g/mol. The smallest absolute Gasteiger partial charge is 0.323 e. The zero-order chi connectivity index (χ0) is 13.7. The van der Waals surface area contributed by atoms with Crippen molar-refractivity contribution in [2.45, 2.75) is 38.8 Å². The lowest BCUT2D eigenvalue weighted by atomic mass is 10.1. The Morgan fingerprint density at radius 1 is 1.50 bits per heavy atom. The Labute approximate surface area is 107 Å². The lowest BCUT2D eigenvalue weighted by molar-refractivity contribution is -0.138. The summed E-state index contributed by atoms with van der Waals surface area (Å²) in [5.41, 5.74) is 0. The summed E-state index contributed by atoms with van der Waals surface area (Å²) in [6, 6.07) is -0.342. The van der Waals surface area contributed by atoms with Crippen LogP contribution in [0.3, 0.4) is 0 Å². The number of ether oxygens (including phenoxy) is 1. The van der Waals surface area contributed by atoms with E-state index >= 15 is 0 Å². The van der Waals surface area contributed by atoms with Crippen LogP contribution in [0.15, 0.2) is 0 Å². The van der Waals surface area contributed by atoms with Crippen molar-refractivity contribution in [2.24, 2.45) is 0 Å². The molecule has 6 nitrogen and oxygen atoms in total. The zero-order valence-electron chi connectivity index (χ0n) is 11.3. The first-order chi connectivity index (χ1) is 8.45. The fourth-order valence-corrected chi connectivity index (χ4v) is 2.10. The summed E-state index contributed by atoms with van der Waals surface area (Å²) in [6.45, 7) is 4.58. The second kappa shape index (κ2) is 6.58. The molecule has 6 heteroatoms. The molecule has 1 fully saturated rings. The Morgan fingerprint density at radius 3 is 2.67 bits per heavy atom. The number of methoxy groups -OCH3 is 1. The van der Waals surface area contributed by atoms with Crippen molar-refractivity contribution in [3.05, 3.63) is 0 Å². The van der Waals surface area contributed by atoms with E-state index in [9.17, 15) is 9.59 Å². The van der Waals surface area contributed by atoms with Gasteiger partial charge in [-0.2, -0.15) is 0 Å². The van der Waals surface area contributed by atoms with E-state index in [1.54, 1.807) is 12.0 Å². The predicted molar refractivity (Wildman–Crippen MR) is 66.5 cm³/mol. The van der Waals surface area contributed by atoms with Crippen LogP contribution in [-0.2, 0) is 9.53 Å². The molecule has 0 bridgehead atoms. The molecule has 18 heavy (non-hydrogen) atoms. The molecule has 1 N–H and O–H groups in total. The van der Waals surface area contributed by atoms with Crippen molar-refractivity contribution in [3.63, 3.8) is 0 Å². The molecule has 0 radical (unpaired) electrons. The van der Waals surface area contributed by atoms with Crippen LogP contribution < -0.4 is 0 Å². The van der Waals surface area contributed by atoms with Crippen LogP contribution in [0, 0.1) is 0 Å². The van der Waals surface area contributed by atoms with Gasteiger partial charge >= 0.3 is 12.0 Å².